The van der Waals surface area contributed by atoms with E-state index in [1.165, 1.54) is 24.3 Å². The molecule has 0 aromatic rings. The fraction of sp³-hybridized carbons (Fsp3) is 0.875. The van der Waals surface area contributed by atoms with E-state index in [1.54, 1.807) is 12.2 Å². The minimum Gasteiger partial charge on any atom is -0.330 e. The van der Waals surface area contributed by atoms with Gasteiger partial charge < -0.3 is 4.90 Å². The lowest BCUT2D eigenvalue weighted by atomic mass is 9.95. The lowest BCUT2D eigenvalue weighted by Gasteiger charge is -2.45. The summed E-state index contributed by atoms with van der Waals surface area (Å²) < 4.78 is 0. The summed E-state index contributed by atoms with van der Waals surface area (Å²) in [5.41, 5.74) is 0. The van der Waals surface area contributed by atoms with E-state index < -0.39 is 5.91 Å². The van der Waals surface area contributed by atoms with Gasteiger partial charge in [-0.3, -0.25) is 14.6 Å². The van der Waals surface area contributed by atoms with Crippen molar-refractivity contribution in [3.8, 4) is 0 Å². The molecule has 1 saturated carbocycles. The Balaban J connectivity index is 2.20. The Kier molecular flexibility index (Phi) is 5.81. The molecular formula is C16H30N4O2. The van der Waals surface area contributed by atoms with Crippen molar-refractivity contribution in [3.05, 3.63) is 0 Å². The highest BCUT2D eigenvalue weighted by Crippen LogP contribution is 2.23. The minimum atomic E-state index is -0.441. The van der Waals surface area contributed by atoms with Crippen LogP contribution >= 0.6 is 0 Å². The van der Waals surface area contributed by atoms with E-state index >= 15 is 0 Å². The van der Waals surface area contributed by atoms with Gasteiger partial charge in [0, 0.05) is 39.8 Å². The summed E-state index contributed by atoms with van der Waals surface area (Å²) in [6, 6.07) is 0.388. The van der Waals surface area contributed by atoms with Crippen LogP contribution in [-0.2, 0) is 9.59 Å². The summed E-state index contributed by atoms with van der Waals surface area (Å²) in [4.78, 5) is 27.0. The quantitative estimate of drug-likeness (QED) is 0.688. The minimum absolute atomic E-state index is 0.176. The second-order valence-corrected chi connectivity index (χ2v) is 6.70. The molecule has 22 heavy (non-hydrogen) atoms. The van der Waals surface area contributed by atoms with Gasteiger partial charge in [0.05, 0.1) is 0 Å². The Morgan fingerprint density at radius 2 is 1.41 bits per heavy atom. The topological polar surface area (TPSA) is 47.1 Å². The van der Waals surface area contributed by atoms with Crippen LogP contribution in [0.15, 0.2) is 0 Å². The molecule has 0 spiro atoms. The summed E-state index contributed by atoms with van der Waals surface area (Å²) in [7, 11) is 5.43. The third kappa shape index (κ3) is 3.60. The van der Waals surface area contributed by atoms with E-state index in [9.17, 15) is 9.59 Å². The number of amides is 2. The Bertz CT molecular complexity index is 407. The van der Waals surface area contributed by atoms with Gasteiger partial charge in [0.2, 0.25) is 0 Å². The van der Waals surface area contributed by atoms with Crippen molar-refractivity contribution in [2.75, 3.05) is 27.7 Å². The number of nitrogens with zero attached hydrogens (tertiary/aromatic N) is 4. The van der Waals surface area contributed by atoms with Crippen molar-refractivity contribution in [2.45, 2.75) is 64.0 Å². The molecule has 2 fully saturated rings. The molecule has 1 aliphatic heterocycles. The number of carbonyl (C=O) groups excluding carboxylic acids is 2. The maximum Gasteiger partial charge on any atom is 0.327 e. The van der Waals surface area contributed by atoms with E-state index in [1.807, 2.05) is 24.0 Å². The third-order valence-corrected chi connectivity index (χ3v) is 5.24. The van der Waals surface area contributed by atoms with E-state index in [0.29, 0.717) is 6.54 Å². The zero-order valence-electron chi connectivity index (χ0n) is 14.4. The summed E-state index contributed by atoms with van der Waals surface area (Å²) in [6.07, 6.45) is 8.14. The third-order valence-electron chi connectivity index (χ3n) is 5.24. The first-order chi connectivity index (χ1) is 10.4. The van der Waals surface area contributed by atoms with Crippen LogP contribution in [0.2, 0.25) is 0 Å². The van der Waals surface area contributed by atoms with E-state index in [0.717, 1.165) is 25.7 Å². The maximum absolute atomic E-state index is 12.7. The highest BCUT2D eigenvalue weighted by Gasteiger charge is 2.37. The monoisotopic (exact) mass is 310 g/mol. The van der Waals surface area contributed by atoms with E-state index in [4.69, 9.17) is 0 Å². The molecule has 2 amide bonds. The fourth-order valence-electron chi connectivity index (χ4n) is 3.44. The van der Waals surface area contributed by atoms with Crippen LogP contribution in [0.3, 0.4) is 0 Å². The Labute approximate surface area is 134 Å². The first kappa shape index (κ1) is 17.2. The number of likely N-dealkylation sites (N-methyl/N-ethyl adjacent to an activating group) is 2. The predicted octanol–water partition coefficient (Wildman–Crippen LogP) is 1.48. The standard InChI is InChI=1S/C16H30N4O2/c1-13-12-20(14-10-8-6-5-7-9-11-14)16(22)15(21)18(3)19(4)17(13)2/h13-14H,5-12H2,1-4H3. The highest BCUT2D eigenvalue weighted by atomic mass is 16.2. The van der Waals surface area contributed by atoms with Crippen molar-refractivity contribution in [1.82, 2.24) is 20.0 Å². The van der Waals surface area contributed by atoms with Crippen LogP contribution in [-0.4, -0.2) is 71.6 Å². The molecule has 126 valence electrons. The number of carbonyl (C=O) groups is 2. The maximum atomic E-state index is 12.7. The molecule has 1 aliphatic carbocycles. The lowest BCUT2D eigenvalue weighted by molar-refractivity contribution is -0.196. The molecule has 0 N–H and O–H groups in total. The van der Waals surface area contributed by atoms with Crippen LogP contribution in [0, 0.1) is 0 Å². The zero-order chi connectivity index (χ0) is 16.3. The van der Waals surface area contributed by atoms with E-state index in [2.05, 4.69) is 6.92 Å². The summed E-state index contributed by atoms with van der Waals surface area (Å²) in [5, 5.41) is 5.15. The van der Waals surface area contributed by atoms with Gasteiger partial charge in [0.15, 0.2) is 0 Å². The molecule has 2 rings (SSSR count). The van der Waals surface area contributed by atoms with Gasteiger partial charge in [-0.25, -0.2) is 5.01 Å². The first-order valence-electron chi connectivity index (χ1n) is 8.48. The van der Waals surface area contributed by atoms with Gasteiger partial charge in [0.1, 0.15) is 0 Å². The van der Waals surface area contributed by atoms with Gasteiger partial charge in [-0.05, 0) is 19.8 Å². The van der Waals surface area contributed by atoms with Crippen molar-refractivity contribution in [3.63, 3.8) is 0 Å². The second kappa shape index (κ2) is 7.42. The van der Waals surface area contributed by atoms with E-state index in [-0.39, 0.29) is 18.0 Å². The number of rotatable bonds is 1. The van der Waals surface area contributed by atoms with Crippen molar-refractivity contribution < 1.29 is 9.59 Å². The molecule has 6 heteroatoms. The average Bonchev–Trinajstić information content (AvgIpc) is 2.48. The average molecular weight is 310 g/mol. The van der Waals surface area contributed by atoms with Gasteiger partial charge in [0.25, 0.3) is 0 Å². The van der Waals surface area contributed by atoms with Crippen LogP contribution in [0.5, 0.6) is 0 Å². The predicted molar refractivity (Wildman–Crippen MR) is 85.6 cm³/mol. The molecule has 0 aromatic carbocycles. The molecule has 2 aliphatic rings. The van der Waals surface area contributed by atoms with Gasteiger partial charge in [-0.1, -0.05) is 32.1 Å². The van der Waals surface area contributed by atoms with Crippen molar-refractivity contribution >= 4 is 11.8 Å². The van der Waals surface area contributed by atoms with Crippen LogP contribution in [0.1, 0.15) is 51.9 Å². The molecule has 1 saturated heterocycles. The molecule has 1 atom stereocenters. The molecule has 1 heterocycles. The number of hydrogen-bond acceptors (Lipinski definition) is 4. The van der Waals surface area contributed by atoms with Crippen LogP contribution in [0.4, 0.5) is 0 Å². The molecule has 0 aromatic heterocycles. The largest absolute Gasteiger partial charge is 0.330 e. The second-order valence-electron chi connectivity index (χ2n) is 6.70. The Morgan fingerprint density at radius 3 is 2.00 bits per heavy atom. The summed E-state index contributed by atoms with van der Waals surface area (Å²) >= 11 is 0. The van der Waals surface area contributed by atoms with Crippen molar-refractivity contribution in [2.24, 2.45) is 0 Å². The van der Waals surface area contributed by atoms with Crippen LogP contribution in [0.25, 0.3) is 0 Å². The van der Waals surface area contributed by atoms with Crippen LogP contribution < -0.4 is 0 Å². The summed E-state index contributed by atoms with van der Waals surface area (Å²) in [5.74, 6) is -0.789. The smallest absolute Gasteiger partial charge is 0.327 e. The zero-order valence-corrected chi connectivity index (χ0v) is 14.4. The number of hydrazine groups is 2. The molecule has 0 radical (unpaired) electrons. The lowest BCUT2D eigenvalue weighted by Crippen LogP contribution is -2.63. The number of hydrogen-bond donors (Lipinski definition) is 0. The first-order valence-corrected chi connectivity index (χ1v) is 8.48. The molecular weight excluding hydrogens is 280 g/mol. The fourth-order valence-corrected chi connectivity index (χ4v) is 3.44. The Hall–Kier alpha value is -1.14. The molecule has 1 unspecified atom stereocenters. The molecule has 0 bridgehead atoms. The highest BCUT2D eigenvalue weighted by molar-refractivity contribution is 6.34. The van der Waals surface area contributed by atoms with Crippen molar-refractivity contribution in [1.29, 1.82) is 0 Å². The van der Waals surface area contributed by atoms with Gasteiger partial charge in [-0.2, -0.15) is 5.12 Å². The SMILES string of the molecule is CC1CN(C2CCCCCCC2)C(=O)C(=O)N(C)N(C)N1C. The van der Waals surface area contributed by atoms with Gasteiger partial charge in [-0.15, -0.1) is 0 Å². The van der Waals surface area contributed by atoms with Gasteiger partial charge >= 0.3 is 11.8 Å². The summed E-state index contributed by atoms with van der Waals surface area (Å²) in [6.45, 7) is 2.72. The normalized spacial score (nSPS) is 28.3. The Morgan fingerprint density at radius 1 is 0.864 bits per heavy atom. The molecule has 6 nitrogen and oxygen atoms in total.